The quantitative estimate of drug-likeness (QED) is 0.235. The molecule has 0 amide bonds. The van der Waals surface area contributed by atoms with Gasteiger partial charge in [-0.1, -0.05) is 13.8 Å². The van der Waals surface area contributed by atoms with Crippen molar-refractivity contribution in [1.29, 1.82) is 0 Å². The number of fused-ring (bicyclic) bond motifs is 5. The third kappa shape index (κ3) is 7.10. The van der Waals surface area contributed by atoms with E-state index in [1.54, 1.807) is 0 Å². The molecule has 0 aliphatic heterocycles. The molecule has 10 atom stereocenters. The molecular formula is C33H68O4Si4. The summed E-state index contributed by atoms with van der Waals surface area (Å²) in [7, 11) is -6.90. The predicted molar refractivity (Wildman–Crippen MR) is 185 cm³/mol. The van der Waals surface area contributed by atoms with Crippen LogP contribution in [-0.4, -0.2) is 57.2 Å². The van der Waals surface area contributed by atoms with E-state index in [2.05, 4.69) is 99.3 Å². The van der Waals surface area contributed by atoms with Gasteiger partial charge >= 0.3 is 0 Å². The van der Waals surface area contributed by atoms with Gasteiger partial charge in [0, 0.05) is 17.6 Å². The topological polar surface area (TPSA) is 36.9 Å². The van der Waals surface area contributed by atoms with Crippen molar-refractivity contribution >= 4 is 33.3 Å². The average molecular weight is 641 g/mol. The Balaban J connectivity index is 1.75. The molecule has 0 spiro atoms. The van der Waals surface area contributed by atoms with E-state index in [1.165, 1.54) is 38.5 Å². The fourth-order valence-corrected chi connectivity index (χ4v) is 15.8. The summed E-state index contributed by atoms with van der Waals surface area (Å²) in [5.74, 6) is 2.81. The lowest BCUT2D eigenvalue weighted by Crippen LogP contribution is -2.67. The van der Waals surface area contributed by atoms with Gasteiger partial charge < -0.3 is 17.7 Å². The maximum absolute atomic E-state index is 7.50. The number of hydrogen-bond acceptors (Lipinski definition) is 4. The van der Waals surface area contributed by atoms with Gasteiger partial charge in [-0.2, -0.15) is 0 Å². The first-order valence-electron chi connectivity index (χ1n) is 17.1. The zero-order chi connectivity index (χ0) is 31.0. The van der Waals surface area contributed by atoms with E-state index >= 15 is 0 Å². The van der Waals surface area contributed by atoms with Gasteiger partial charge in [0.2, 0.25) is 0 Å². The molecule has 0 aromatic heterocycles. The van der Waals surface area contributed by atoms with E-state index in [0.29, 0.717) is 29.5 Å². The molecule has 0 aromatic carbocycles. The van der Waals surface area contributed by atoms with Crippen LogP contribution in [0.2, 0.25) is 78.6 Å². The van der Waals surface area contributed by atoms with Crippen LogP contribution < -0.4 is 0 Å². The van der Waals surface area contributed by atoms with Crippen LogP contribution in [0.3, 0.4) is 0 Å². The van der Waals surface area contributed by atoms with E-state index in [-0.39, 0.29) is 17.1 Å². The van der Waals surface area contributed by atoms with Gasteiger partial charge in [0.25, 0.3) is 0 Å². The lowest BCUT2D eigenvalue weighted by Gasteiger charge is -2.66. The van der Waals surface area contributed by atoms with Crippen LogP contribution in [-0.2, 0) is 17.7 Å². The van der Waals surface area contributed by atoms with E-state index in [9.17, 15) is 0 Å². The molecule has 8 heteroatoms. The van der Waals surface area contributed by atoms with Crippen LogP contribution in [0.1, 0.15) is 72.1 Å². The standard InChI is InChI=1S/C33H68O4Si4/c1-24(34-38(4,5)6)33(37-41(13,14)15)21-19-28-27-17-16-25-22-26(35-39(7,8)9)18-20-31(25,2)30(27)29(23-32(28,33)3)36-40(10,11)12/h24-30H,16-23H2,1-15H3/t24?,25?,26?,27-,28-,29?,30+,31-,32-,33-/m0/s1. The SMILES string of the molecule is CC(O[Si](C)(C)C)[C@@]1(O[Si](C)(C)C)CC[C@H]2[C@@H]3CCC4CC(O[Si](C)(C)C)CC[C@]4(C)[C@H]3C(O[Si](C)(C)C)C[C@@]21C. The van der Waals surface area contributed by atoms with Crippen molar-refractivity contribution in [3.8, 4) is 0 Å². The van der Waals surface area contributed by atoms with Crippen LogP contribution in [0.4, 0.5) is 0 Å². The molecule has 0 radical (unpaired) electrons. The molecule has 4 saturated carbocycles. The van der Waals surface area contributed by atoms with Crippen molar-refractivity contribution < 1.29 is 17.7 Å². The van der Waals surface area contributed by atoms with Crippen molar-refractivity contribution in [1.82, 2.24) is 0 Å². The monoisotopic (exact) mass is 640 g/mol. The second kappa shape index (κ2) is 11.2. The molecule has 4 unspecified atom stereocenters. The van der Waals surface area contributed by atoms with Crippen molar-refractivity contribution in [3.63, 3.8) is 0 Å². The Morgan fingerprint density at radius 3 is 1.83 bits per heavy atom. The number of hydrogen-bond donors (Lipinski definition) is 0. The molecule has 0 saturated heterocycles. The van der Waals surface area contributed by atoms with E-state index in [4.69, 9.17) is 17.7 Å². The van der Waals surface area contributed by atoms with Crippen LogP contribution in [0.15, 0.2) is 0 Å². The van der Waals surface area contributed by atoms with E-state index in [0.717, 1.165) is 24.7 Å². The Kier molecular flexibility index (Phi) is 9.44. The molecule has 0 N–H and O–H groups in total. The Hall–Kier alpha value is 0.708. The summed E-state index contributed by atoms with van der Waals surface area (Å²) in [6, 6.07) is 0. The van der Waals surface area contributed by atoms with Crippen LogP contribution in [0.25, 0.3) is 0 Å². The molecule has 41 heavy (non-hydrogen) atoms. The highest BCUT2D eigenvalue weighted by Gasteiger charge is 2.70. The minimum atomic E-state index is -1.85. The van der Waals surface area contributed by atoms with E-state index in [1.807, 2.05) is 0 Å². The van der Waals surface area contributed by atoms with Crippen LogP contribution >= 0.6 is 0 Å². The average Bonchev–Trinajstić information content (AvgIpc) is 3.02. The molecule has 0 heterocycles. The van der Waals surface area contributed by atoms with Gasteiger partial charge in [-0.05, 0) is 166 Å². The lowest BCUT2D eigenvalue weighted by molar-refractivity contribution is -0.207. The molecule has 4 rings (SSSR count). The van der Waals surface area contributed by atoms with Gasteiger partial charge in [0.1, 0.15) is 0 Å². The molecule has 0 aromatic rings. The smallest absolute Gasteiger partial charge is 0.184 e. The van der Waals surface area contributed by atoms with Crippen LogP contribution in [0, 0.1) is 34.5 Å². The molecule has 240 valence electrons. The summed E-state index contributed by atoms with van der Waals surface area (Å²) in [4.78, 5) is 0. The van der Waals surface area contributed by atoms with Crippen molar-refractivity contribution in [3.05, 3.63) is 0 Å². The maximum atomic E-state index is 7.50. The Bertz CT molecular complexity index is 933. The Labute approximate surface area is 259 Å². The van der Waals surface area contributed by atoms with E-state index < -0.39 is 33.3 Å². The maximum Gasteiger partial charge on any atom is 0.184 e. The van der Waals surface area contributed by atoms with Gasteiger partial charge in [-0.25, -0.2) is 0 Å². The second-order valence-electron chi connectivity index (χ2n) is 19.1. The summed E-state index contributed by atoms with van der Waals surface area (Å²) < 4.78 is 28.6. The summed E-state index contributed by atoms with van der Waals surface area (Å²) in [6.07, 6.45) is 10.9. The van der Waals surface area contributed by atoms with Crippen molar-refractivity contribution in [2.75, 3.05) is 0 Å². The third-order valence-electron chi connectivity index (χ3n) is 11.4. The minimum Gasteiger partial charge on any atom is -0.415 e. The largest absolute Gasteiger partial charge is 0.415 e. The van der Waals surface area contributed by atoms with Gasteiger partial charge in [0.05, 0.1) is 11.7 Å². The Morgan fingerprint density at radius 1 is 0.683 bits per heavy atom. The molecular weight excluding hydrogens is 573 g/mol. The molecule has 4 fully saturated rings. The third-order valence-corrected chi connectivity index (χ3v) is 15.5. The first-order chi connectivity index (χ1) is 18.4. The van der Waals surface area contributed by atoms with Crippen LogP contribution in [0.5, 0.6) is 0 Å². The van der Waals surface area contributed by atoms with Gasteiger partial charge in [-0.3, -0.25) is 0 Å². The number of rotatable bonds is 9. The highest BCUT2D eigenvalue weighted by molar-refractivity contribution is 6.71. The second-order valence-corrected chi connectivity index (χ2v) is 36.9. The van der Waals surface area contributed by atoms with Gasteiger partial charge in [-0.15, -0.1) is 0 Å². The zero-order valence-corrected chi connectivity index (χ0v) is 33.8. The molecule has 0 bridgehead atoms. The lowest BCUT2D eigenvalue weighted by atomic mass is 9.43. The predicted octanol–water partition coefficient (Wildman–Crippen LogP) is 9.91. The highest BCUT2D eigenvalue weighted by atomic mass is 28.4. The fraction of sp³-hybridized carbons (Fsp3) is 1.00. The Morgan fingerprint density at radius 2 is 1.29 bits per heavy atom. The molecule has 4 aliphatic carbocycles. The summed E-state index contributed by atoms with van der Waals surface area (Å²) in [5.41, 5.74) is 0.188. The summed E-state index contributed by atoms with van der Waals surface area (Å²) in [5, 5.41) is 0. The van der Waals surface area contributed by atoms with Crippen molar-refractivity contribution in [2.45, 2.75) is 175 Å². The fourth-order valence-electron chi connectivity index (χ4n) is 10.6. The first-order valence-corrected chi connectivity index (χ1v) is 30.8. The molecule has 4 aliphatic rings. The van der Waals surface area contributed by atoms with Crippen molar-refractivity contribution in [2.24, 2.45) is 34.5 Å². The summed E-state index contributed by atoms with van der Waals surface area (Å²) in [6.45, 7) is 36.2. The first kappa shape index (κ1) is 34.6. The van der Waals surface area contributed by atoms with Gasteiger partial charge in [0.15, 0.2) is 33.3 Å². The zero-order valence-electron chi connectivity index (χ0n) is 29.8. The normalized spacial score (nSPS) is 42.8. The molecule has 4 nitrogen and oxygen atoms in total. The minimum absolute atomic E-state index is 0.0686. The summed E-state index contributed by atoms with van der Waals surface area (Å²) >= 11 is 0. The highest BCUT2D eigenvalue weighted by Crippen LogP contribution is 2.70.